The van der Waals surface area contributed by atoms with E-state index in [1.807, 2.05) is 0 Å². The zero-order chi connectivity index (χ0) is 13.6. The molecule has 18 heavy (non-hydrogen) atoms. The maximum absolute atomic E-state index is 11.8. The van der Waals surface area contributed by atoms with E-state index in [-0.39, 0.29) is 10.6 Å². The van der Waals surface area contributed by atoms with Gasteiger partial charge in [-0.1, -0.05) is 30.9 Å². The fraction of sp³-hybridized carbons (Fsp3) is 0. The number of nitrogens with zero attached hydrogens (tertiary/aromatic N) is 1. The van der Waals surface area contributed by atoms with Crippen molar-refractivity contribution in [2.75, 3.05) is 0 Å². The number of hydrogen-bond donors (Lipinski definition) is 0. The number of hydrogen-bond acceptors (Lipinski definition) is 4. The Labute approximate surface area is 105 Å². The van der Waals surface area contributed by atoms with Crippen LogP contribution in [0.15, 0.2) is 65.5 Å². The van der Waals surface area contributed by atoms with Crippen molar-refractivity contribution in [2.24, 2.45) is 0 Å². The summed E-state index contributed by atoms with van der Waals surface area (Å²) in [5, 5.41) is 11.5. The molecule has 5 nitrogen and oxygen atoms in total. The predicted molar refractivity (Wildman–Crippen MR) is 68.8 cm³/mol. The molecule has 0 atom stereocenters. The lowest BCUT2D eigenvalue weighted by molar-refractivity contribution is -0.384. The van der Waals surface area contributed by atoms with Crippen molar-refractivity contribution in [3.8, 4) is 0 Å². The third-order valence-electron chi connectivity index (χ3n) is 1.99. The number of allylic oxidation sites excluding steroid dienone is 4. The molecule has 0 amide bonds. The van der Waals surface area contributed by atoms with Crippen LogP contribution >= 0.6 is 0 Å². The maximum atomic E-state index is 11.8. The van der Waals surface area contributed by atoms with Crippen molar-refractivity contribution in [3.05, 3.63) is 70.7 Å². The van der Waals surface area contributed by atoms with E-state index in [1.165, 1.54) is 30.4 Å². The summed E-state index contributed by atoms with van der Waals surface area (Å²) in [6, 6.07) is 4.71. The SMILES string of the molecule is C=CC=CC=CS(=O)(=O)c1ccc([N+](=O)[O-])cc1. The van der Waals surface area contributed by atoms with Crippen molar-refractivity contribution in [1.29, 1.82) is 0 Å². The average molecular weight is 265 g/mol. The van der Waals surface area contributed by atoms with Crippen LogP contribution in [-0.2, 0) is 9.84 Å². The molecule has 1 rings (SSSR count). The lowest BCUT2D eigenvalue weighted by atomic mass is 10.3. The Morgan fingerprint density at radius 3 is 2.22 bits per heavy atom. The molecule has 1 aromatic rings. The molecule has 0 N–H and O–H groups in total. The van der Waals surface area contributed by atoms with Crippen LogP contribution in [0.1, 0.15) is 0 Å². The van der Waals surface area contributed by atoms with Gasteiger partial charge in [-0.2, -0.15) is 0 Å². The van der Waals surface area contributed by atoms with E-state index in [9.17, 15) is 18.5 Å². The molecule has 94 valence electrons. The molecule has 0 unspecified atom stereocenters. The molecule has 0 fully saturated rings. The van der Waals surface area contributed by atoms with E-state index in [1.54, 1.807) is 6.08 Å². The van der Waals surface area contributed by atoms with Gasteiger partial charge in [-0.05, 0) is 12.1 Å². The summed E-state index contributed by atoms with van der Waals surface area (Å²) >= 11 is 0. The fourth-order valence-electron chi connectivity index (χ4n) is 1.13. The molecule has 1 aromatic carbocycles. The van der Waals surface area contributed by atoms with Crippen LogP contribution in [0.25, 0.3) is 0 Å². The van der Waals surface area contributed by atoms with Gasteiger partial charge in [0.2, 0.25) is 0 Å². The summed E-state index contributed by atoms with van der Waals surface area (Å²) in [5.41, 5.74) is -0.149. The Hall–Kier alpha value is -2.21. The number of benzene rings is 1. The summed E-state index contributed by atoms with van der Waals surface area (Å²) < 4.78 is 23.5. The van der Waals surface area contributed by atoms with E-state index in [0.29, 0.717) is 0 Å². The molecule has 0 bridgehead atoms. The molecule has 0 spiro atoms. The van der Waals surface area contributed by atoms with Gasteiger partial charge in [0.1, 0.15) is 0 Å². The lowest BCUT2D eigenvalue weighted by Crippen LogP contribution is -1.96. The highest BCUT2D eigenvalue weighted by Crippen LogP contribution is 2.17. The van der Waals surface area contributed by atoms with Crippen molar-refractivity contribution in [2.45, 2.75) is 4.90 Å². The Kier molecular flexibility index (Phi) is 4.56. The quantitative estimate of drug-likeness (QED) is 0.466. The van der Waals surface area contributed by atoms with Crippen LogP contribution in [0.4, 0.5) is 5.69 Å². The Balaban J connectivity index is 2.98. The second-order valence-electron chi connectivity index (χ2n) is 3.25. The number of non-ortho nitro benzene ring substituents is 1. The first-order valence-corrected chi connectivity index (χ1v) is 6.47. The van der Waals surface area contributed by atoms with Gasteiger partial charge < -0.3 is 0 Å². The largest absolute Gasteiger partial charge is 0.269 e. The monoisotopic (exact) mass is 265 g/mol. The number of sulfone groups is 1. The minimum absolute atomic E-state index is 0.0105. The topological polar surface area (TPSA) is 77.3 Å². The predicted octanol–water partition coefficient (Wildman–Crippen LogP) is 2.62. The smallest absolute Gasteiger partial charge is 0.258 e. The summed E-state index contributed by atoms with van der Waals surface area (Å²) in [6.07, 6.45) is 5.99. The molecule has 0 heterocycles. The first-order valence-electron chi connectivity index (χ1n) is 4.92. The highest BCUT2D eigenvalue weighted by atomic mass is 32.2. The van der Waals surface area contributed by atoms with Crippen molar-refractivity contribution in [3.63, 3.8) is 0 Å². The molecule has 0 radical (unpaired) electrons. The molecule has 0 aromatic heterocycles. The molecular weight excluding hydrogens is 254 g/mol. The maximum Gasteiger partial charge on any atom is 0.269 e. The van der Waals surface area contributed by atoms with Crippen LogP contribution < -0.4 is 0 Å². The molecule has 0 saturated heterocycles. The van der Waals surface area contributed by atoms with Gasteiger partial charge in [0.25, 0.3) is 5.69 Å². The molecule has 0 saturated carbocycles. The third kappa shape index (κ3) is 3.67. The normalized spacial score (nSPS) is 12.0. The minimum atomic E-state index is -3.57. The van der Waals surface area contributed by atoms with Crippen LogP contribution in [0.5, 0.6) is 0 Å². The molecule has 0 aliphatic heterocycles. The molecule has 6 heteroatoms. The van der Waals surface area contributed by atoms with Crippen LogP contribution in [0, 0.1) is 10.1 Å². The van der Waals surface area contributed by atoms with Gasteiger partial charge >= 0.3 is 0 Å². The van der Waals surface area contributed by atoms with Gasteiger partial charge in [-0.3, -0.25) is 10.1 Å². The summed E-state index contributed by atoms with van der Waals surface area (Å²) in [6.45, 7) is 3.45. The zero-order valence-corrected chi connectivity index (χ0v) is 10.2. The van der Waals surface area contributed by atoms with Crippen molar-refractivity contribution in [1.82, 2.24) is 0 Å². The van der Waals surface area contributed by atoms with Gasteiger partial charge in [0, 0.05) is 17.5 Å². The van der Waals surface area contributed by atoms with Crippen molar-refractivity contribution >= 4 is 15.5 Å². The summed E-state index contributed by atoms with van der Waals surface area (Å²) in [4.78, 5) is 9.86. The summed E-state index contributed by atoms with van der Waals surface area (Å²) in [5.74, 6) is 0. The summed E-state index contributed by atoms with van der Waals surface area (Å²) in [7, 11) is -3.57. The molecule has 0 aliphatic carbocycles. The first kappa shape index (κ1) is 13.9. The van der Waals surface area contributed by atoms with E-state index in [2.05, 4.69) is 6.58 Å². The van der Waals surface area contributed by atoms with Crippen LogP contribution in [0.3, 0.4) is 0 Å². The van der Waals surface area contributed by atoms with E-state index >= 15 is 0 Å². The van der Waals surface area contributed by atoms with Crippen molar-refractivity contribution < 1.29 is 13.3 Å². The van der Waals surface area contributed by atoms with Gasteiger partial charge in [0.15, 0.2) is 9.84 Å². The second-order valence-corrected chi connectivity index (χ2v) is 5.08. The number of nitro benzene ring substituents is 1. The molecule has 0 aliphatic rings. The van der Waals surface area contributed by atoms with Crippen LogP contribution in [0.2, 0.25) is 0 Å². The zero-order valence-electron chi connectivity index (χ0n) is 9.39. The Morgan fingerprint density at radius 2 is 1.72 bits per heavy atom. The second kappa shape index (κ2) is 5.92. The minimum Gasteiger partial charge on any atom is -0.258 e. The lowest BCUT2D eigenvalue weighted by Gasteiger charge is -1.97. The van der Waals surface area contributed by atoms with E-state index in [4.69, 9.17) is 0 Å². The van der Waals surface area contributed by atoms with E-state index < -0.39 is 14.8 Å². The Morgan fingerprint density at radius 1 is 1.11 bits per heavy atom. The van der Waals surface area contributed by atoms with Gasteiger partial charge in [0.05, 0.1) is 9.82 Å². The van der Waals surface area contributed by atoms with Gasteiger partial charge in [-0.15, -0.1) is 0 Å². The highest BCUT2D eigenvalue weighted by Gasteiger charge is 2.12. The highest BCUT2D eigenvalue weighted by molar-refractivity contribution is 7.94. The number of nitro groups is 1. The third-order valence-corrected chi connectivity index (χ3v) is 3.44. The Bertz CT molecular complexity index is 597. The molecular formula is C12H11NO4S. The average Bonchev–Trinajstić information content (AvgIpc) is 2.35. The van der Waals surface area contributed by atoms with E-state index in [0.717, 1.165) is 17.5 Å². The van der Waals surface area contributed by atoms with Crippen LogP contribution in [-0.4, -0.2) is 13.3 Å². The fourth-order valence-corrected chi connectivity index (χ4v) is 2.10. The van der Waals surface area contributed by atoms with Gasteiger partial charge in [-0.25, -0.2) is 8.42 Å². The standard InChI is InChI=1S/C12H11NO4S/c1-2-3-4-5-10-18(16,17)12-8-6-11(7-9-12)13(14)15/h2-10H,1H2. The number of rotatable bonds is 5. The first-order chi connectivity index (χ1) is 8.47.